The second-order valence-corrected chi connectivity index (χ2v) is 6.93. The Kier molecular flexibility index (Phi) is 5.00. The van der Waals surface area contributed by atoms with Crippen molar-refractivity contribution in [3.8, 4) is 11.8 Å². The standard InChI is InChI=1S/C22H22F2/c1-15-3-7-17(8-4-15)9-12-20-21(23)13-19(14-22(20)24)18-10-5-16(2)6-11-18/h3-4,7-8,13-14,16,18H,5-6,10-11H2,1-2H3. The van der Waals surface area contributed by atoms with Crippen LogP contribution in [0.5, 0.6) is 0 Å². The quantitative estimate of drug-likeness (QED) is 0.567. The van der Waals surface area contributed by atoms with E-state index >= 15 is 0 Å². The van der Waals surface area contributed by atoms with Crippen LogP contribution in [-0.4, -0.2) is 0 Å². The molecule has 0 saturated heterocycles. The summed E-state index contributed by atoms with van der Waals surface area (Å²) < 4.78 is 28.7. The van der Waals surface area contributed by atoms with Crippen molar-refractivity contribution in [2.75, 3.05) is 0 Å². The van der Waals surface area contributed by atoms with Gasteiger partial charge in [-0.05, 0) is 61.4 Å². The van der Waals surface area contributed by atoms with Crippen molar-refractivity contribution in [1.29, 1.82) is 0 Å². The smallest absolute Gasteiger partial charge is 0.142 e. The first-order chi connectivity index (χ1) is 11.5. The van der Waals surface area contributed by atoms with Crippen molar-refractivity contribution in [2.24, 2.45) is 5.92 Å². The fraction of sp³-hybridized carbons (Fsp3) is 0.364. The van der Waals surface area contributed by atoms with Gasteiger partial charge in [0.2, 0.25) is 0 Å². The molecule has 0 spiro atoms. The number of hydrogen-bond acceptors (Lipinski definition) is 0. The van der Waals surface area contributed by atoms with Gasteiger partial charge in [-0.3, -0.25) is 0 Å². The third-order valence-corrected chi connectivity index (χ3v) is 4.94. The lowest BCUT2D eigenvalue weighted by Gasteiger charge is -2.26. The van der Waals surface area contributed by atoms with Gasteiger partial charge >= 0.3 is 0 Å². The molecule has 1 aliphatic rings. The number of benzene rings is 2. The van der Waals surface area contributed by atoms with Crippen LogP contribution in [0.1, 0.15) is 60.8 Å². The monoisotopic (exact) mass is 324 g/mol. The fourth-order valence-corrected chi connectivity index (χ4v) is 3.31. The van der Waals surface area contributed by atoms with E-state index in [0.29, 0.717) is 0 Å². The molecule has 1 fully saturated rings. The van der Waals surface area contributed by atoms with Crippen LogP contribution in [0.15, 0.2) is 36.4 Å². The Morgan fingerprint density at radius 2 is 1.46 bits per heavy atom. The Bertz CT molecular complexity index is 747. The van der Waals surface area contributed by atoms with Crippen molar-refractivity contribution in [3.05, 3.63) is 70.3 Å². The molecular formula is C22H22F2. The zero-order chi connectivity index (χ0) is 17.1. The Labute approximate surface area is 142 Å². The second kappa shape index (κ2) is 7.18. The van der Waals surface area contributed by atoms with Crippen LogP contribution < -0.4 is 0 Å². The molecule has 2 heteroatoms. The summed E-state index contributed by atoms with van der Waals surface area (Å²) in [6, 6.07) is 10.5. The third-order valence-electron chi connectivity index (χ3n) is 4.94. The topological polar surface area (TPSA) is 0 Å². The molecule has 0 nitrogen and oxygen atoms in total. The molecule has 0 unspecified atom stereocenters. The molecule has 0 N–H and O–H groups in total. The Hall–Kier alpha value is -2.14. The van der Waals surface area contributed by atoms with Crippen LogP contribution in [-0.2, 0) is 0 Å². The summed E-state index contributed by atoms with van der Waals surface area (Å²) in [4.78, 5) is 0. The zero-order valence-electron chi connectivity index (χ0n) is 14.2. The predicted molar refractivity (Wildman–Crippen MR) is 93.9 cm³/mol. The van der Waals surface area contributed by atoms with Crippen molar-refractivity contribution < 1.29 is 8.78 Å². The van der Waals surface area contributed by atoms with Gasteiger partial charge in [-0.25, -0.2) is 8.78 Å². The van der Waals surface area contributed by atoms with Gasteiger partial charge in [0.25, 0.3) is 0 Å². The van der Waals surface area contributed by atoms with Gasteiger partial charge in [0.1, 0.15) is 11.6 Å². The first-order valence-corrected chi connectivity index (χ1v) is 8.60. The second-order valence-electron chi connectivity index (χ2n) is 6.93. The van der Waals surface area contributed by atoms with Gasteiger partial charge in [0, 0.05) is 5.56 Å². The van der Waals surface area contributed by atoms with Gasteiger partial charge in [0.05, 0.1) is 5.56 Å². The van der Waals surface area contributed by atoms with E-state index in [1.807, 2.05) is 31.2 Å². The van der Waals surface area contributed by atoms with E-state index in [2.05, 4.69) is 18.8 Å². The summed E-state index contributed by atoms with van der Waals surface area (Å²) in [5.41, 5.74) is 2.52. The van der Waals surface area contributed by atoms with Crippen LogP contribution in [0, 0.1) is 36.3 Å². The summed E-state index contributed by atoms with van der Waals surface area (Å²) in [6.07, 6.45) is 4.27. The summed E-state index contributed by atoms with van der Waals surface area (Å²) in [5, 5.41) is 0. The van der Waals surface area contributed by atoms with Gasteiger partial charge < -0.3 is 0 Å². The first kappa shape index (κ1) is 16.7. The highest BCUT2D eigenvalue weighted by Gasteiger charge is 2.21. The lowest BCUT2D eigenvalue weighted by molar-refractivity contribution is 0.346. The van der Waals surface area contributed by atoms with Crippen molar-refractivity contribution in [1.82, 2.24) is 0 Å². The highest BCUT2D eigenvalue weighted by Crippen LogP contribution is 2.36. The third kappa shape index (κ3) is 3.85. The molecule has 0 heterocycles. The number of aryl methyl sites for hydroxylation is 1. The first-order valence-electron chi connectivity index (χ1n) is 8.60. The molecule has 0 amide bonds. The zero-order valence-corrected chi connectivity index (χ0v) is 14.2. The number of hydrogen-bond donors (Lipinski definition) is 0. The molecule has 0 aromatic heterocycles. The van der Waals surface area contributed by atoms with E-state index in [9.17, 15) is 8.78 Å². The van der Waals surface area contributed by atoms with Crippen LogP contribution >= 0.6 is 0 Å². The van der Waals surface area contributed by atoms with Gasteiger partial charge in [-0.2, -0.15) is 0 Å². The molecule has 0 aliphatic heterocycles. The lowest BCUT2D eigenvalue weighted by Crippen LogP contribution is -2.11. The molecule has 2 aromatic rings. The molecule has 24 heavy (non-hydrogen) atoms. The Balaban J connectivity index is 1.84. The average molecular weight is 324 g/mol. The van der Waals surface area contributed by atoms with E-state index in [1.54, 1.807) is 0 Å². The van der Waals surface area contributed by atoms with Crippen molar-refractivity contribution in [3.63, 3.8) is 0 Å². The molecule has 0 atom stereocenters. The fourth-order valence-electron chi connectivity index (χ4n) is 3.31. The minimum Gasteiger partial charge on any atom is -0.206 e. The summed E-state index contributed by atoms with van der Waals surface area (Å²) in [5.74, 6) is 5.38. The van der Waals surface area contributed by atoms with Crippen LogP contribution in [0.4, 0.5) is 8.78 Å². The predicted octanol–water partition coefficient (Wildman–Crippen LogP) is 5.97. The highest BCUT2D eigenvalue weighted by atomic mass is 19.1. The lowest BCUT2D eigenvalue weighted by atomic mass is 9.79. The van der Waals surface area contributed by atoms with Gasteiger partial charge in [0.15, 0.2) is 0 Å². The van der Waals surface area contributed by atoms with Gasteiger partial charge in [-0.15, -0.1) is 0 Å². The molecular weight excluding hydrogens is 302 g/mol. The maximum atomic E-state index is 14.4. The van der Waals surface area contributed by atoms with Crippen LogP contribution in [0.2, 0.25) is 0 Å². The van der Waals surface area contributed by atoms with E-state index in [0.717, 1.165) is 48.3 Å². The SMILES string of the molecule is Cc1ccc(C#Cc2c(F)cc(C3CCC(C)CC3)cc2F)cc1. The summed E-state index contributed by atoms with van der Waals surface area (Å²) >= 11 is 0. The molecule has 0 bridgehead atoms. The molecule has 1 aliphatic carbocycles. The van der Waals surface area contributed by atoms with Gasteiger partial charge in [-0.1, -0.05) is 49.3 Å². The molecule has 124 valence electrons. The molecule has 2 aromatic carbocycles. The van der Waals surface area contributed by atoms with E-state index in [1.165, 1.54) is 12.1 Å². The molecule has 3 rings (SSSR count). The summed E-state index contributed by atoms with van der Waals surface area (Å²) in [7, 11) is 0. The Morgan fingerprint density at radius 3 is 2.04 bits per heavy atom. The van der Waals surface area contributed by atoms with E-state index in [4.69, 9.17) is 0 Å². The van der Waals surface area contributed by atoms with E-state index < -0.39 is 11.6 Å². The number of halogens is 2. The van der Waals surface area contributed by atoms with Crippen molar-refractivity contribution in [2.45, 2.75) is 45.4 Å². The van der Waals surface area contributed by atoms with Crippen molar-refractivity contribution >= 4 is 0 Å². The van der Waals surface area contributed by atoms with Crippen LogP contribution in [0.3, 0.4) is 0 Å². The minimum absolute atomic E-state index is 0.136. The molecule has 0 radical (unpaired) electrons. The number of rotatable bonds is 1. The maximum Gasteiger partial charge on any atom is 0.142 e. The minimum atomic E-state index is -0.553. The van der Waals surface area contributed by atoms with Crippen LogP contribution in [0.25, 0.3) is 0 Å². The Morgan fingerprint density at radius 1 is 0.875 bits per heavy atom. The largest absolute Gasteiger partial charge is 0.206 e. The van der Waals surface area contributed by atoms with E-state index in [-0.39, 0.29) is 11.5 Å². The normalized spacial score (nSPS) is 20.3. The maximum absolute atomic E-state index is 14.4. The highest BCUT2D eigenvalue weighted by molar-refractivity contribution is 5.45. The molecule has 1 saturated carbocycles. The average Bonchev–Trinajstić information content (AvgIpc) is 2.56. The summed E-state index contributed by atoms with van der Waals surface area (Å²) in [6.45, 7) is 4.22.